The van der Waals surface area contributed by atoms with Gasteiger partial charge in [-0.2, -0.15) is 0 Å². The average Bonchev–Trinajstić information content (AvgIpc) is 2.44. The van der Waals surface area contributed by atoms with Crippen molar-refractivity contribution < 1.29 is 0 Å². The minimum absolute atomic E-state index is 0.860. The van der Waals surface area contributed by atoms with Crippen molar-refractivity contribution in [1.82, 2.24) is 0 Å². The molecule has 0 saturated carbocycles. The molecule has 0 spiro atoms. The zero-order chi connectivity index (χ0) is 8.55. The summed E-state index contributed by atoms with van der Waals surface area (Å²) < 4.78 is 2.12. The fourth-order valence-corrected chi connectivity index (χ4v) is 2.89. The van der Waals surface area contributed by atoms with Gasteiger partial charge in [0.05, 0.1) is 4.34 Å². The predicted octanol–water partition coefficient (Wildman–Crippen LogP) is 4.45. The zero-order valence-electron chi connectivity index (χ0n) is 6.18. The summed E-state index contributed by atoms with van der Waals surface area (Å²) in [7, 11) is 0. The molecule has 0 N–H and O–H groups in total. The minimum atomic E-state index is 0.860. The second-order valence-electron chi connectivity index (χ2n) is 2.51. The van der Waals surface area contributed by atoms with Crippen molar-refractivity contribution in [3.63, 3.8) is 0 Å². The Morgan fingerprint density at radius 2 is 2.25 bits per heavy atom. The molecular weight excluding hydrogens is 256 g/mol. The van der Waals surface area contributed by atoms with Gasteiger partial charge >= 0.3 is 0 Å². The van der Waals surface area contributed by atoms with Crippen LogP contribution in [0.5, 0.6) is 0 Å². The lowest BCUT2D eigenvalue weighted by Crippen LogP contribution is -1.75. The molecule has 0 fully saturated rings. The van der Waals surface area contributed by atoms with E-state index in [4.69, 9.17) is 11.6 Å². The van der Waals surface area contributed by atoms with Gasteiger partial charge in [0.25, 0.3) is 0 Å². The van der Waals surface area contributed by atoms with Crippen LogP contribution in [0.4, 0.5) is 0 Å². The van der Waals surface area contributed by atoms with Gasteiger partial charge in [-0.15, -0.1) is 11.3 Å². The lowest BCUT2D eigenvalue weighted by Gasteiger charge is -1.95. The van der Waals surface area contributed by atoms with Crippen LogP contribution in [0.25, 0.3) is 10.1 Å². The standard InChI is InChI=1S/C9H6BrClS/c10-5-6-2-1-3-8-7(6)4-9(11)12-8/h1-4H,5H2. The van der Waals surface area contributed by atoms with Gasteiger partial charge in [0.2, 0.25) is 0 Å². The number of benzene rings is 1. The summed E-state index contributed by atoms with van der Waals surface area (Å²) >= 11 is 11.0. The van der Waals surface area contributed by atoms with Gasteiger partial charge in [-0.25, -0.2) is 0 Å². The SMILES string of the molecule is Clc1cc2c(CBr)cccc2s1. The van der Waals surface area contributed by atoms with Crippen molar-refractivity contribution in [1.29, 1.82) is 0 Å². The molecule has 0 nitrogen and oxygen atoms in total. The van der Waals surface area contributed by atoms with Crippen molar-refractivity contribution >= 4 is 49.0 Å². The smallest absolute Gasteiger partial charge is 0.0940 e. The van der Waals surface area contributed by atoms with Crippen molar-refractivity contribution in [2.24, 2.45) is 0 Å². The lowest BCUT2D eigenvalue weighted by molar-refractivity contribution is 1.50. The maximum absolute atomic E-state index is 5.92. The number of halogens is 2. The summed E-state index contributed by atoms with van der Waals surface area (Å²) in [6.07, 6.45) is 0. The molecule has 2 rings (SSSR count). The van der Waals surface area contributed by atoms with Gasteiger partial charge in [0.1, 0.15) is 0 Å². The third-order valence-corrected chi connectivity index (χ3v) is 3.60. The van der Waals surface area contributed by atoms with E-state index in [9.17, 15) is 0 Å². The number of rotatable bonds is 1. The first kappa shape index (κ1) is 8.54. The van der Waals surface area contributed by atoms with Gasteiger partial charge in [-0.3, -0.25) is 0 Å². The van der Waals surface area contributed by atoms with Crippen LogP contribution in [0.1, 0.15) is 5.56 Å². The minimum Gasteiger partial charge on any atom is -0.123 e. The summed E-state index contributed by atoms with van der Waals surface area (Å²) in [5, 5.41) is 2.15. The van der Waals surface area contributed by atoms with Gasteiger partial charge in [-0.05, 0) is 23.1 Å². The maximum Gasteiger partial charge on any atom is 0.0940 e. The predicted molar refractivity (Wildman–Crippen MR) is 59.5 cm³/mol. The van der Waals surface area contributed by atoms with E-state index in [2.05, 4.69) is 34.1 Å². The molecule has 1 heterocycles. The van der Waals surface area contributed by atoms with Crippen LogP contribution >= 0.6 is 38.9 Å². The summed E-state index contributed by atoms with van der Waals surface area (Å²) in [6.45, 7) is 0. The van der Waals surface area contributed by atoms with E-state index < -0.39 is 0 Å². The van der Waals surface area contributed by atoms with Crippen LogP contribution < -0.4 is 0 Å². The van der Waals surface area contributed by atoms with E-state index in [0.29, 0.717) is 0 Å². The fourth-order valence-electron chi connectivity index (χ4n) is 1.21. The molecule has 62 valence electrons. The first-order chi connectivity index (χ1) is 5.81. The molecule has 0 aliphatic carbocycles. The zero-order valence-corrected chi connectivity index (χ0v) is 9.34. The fraction of sp³-hybridized carbons (Fsp3) is 0.111. The highest BCUT2D eigenvalue weighted by atomic mass is 79.9. The van der Waals surface area contributed by atoms with E-state index in [-0.39, 0.29) is 0 Å². The van der Waals surface area contributed by atoms with Gasteiger partial charge in [0.15, 0.2) is 0 Å². The molecule has 0 unspecified atom stereocenters. The monoisotopic (exact) mass is 260 g/mol. The van der Waals surface area contributed by atoms with Gasteiger partial charge < -0.3 is 0 Å². The van der Waals surface area contributed by atoms with Crippen molar-refractivity contribution in [2.45, 2.75) is 5.33 Å². The average molecular weight is 262 g/mol. The molecular formula is C9H6BrClS. The molecule has 0 aliphatic heterocycles. The van der Waals surface area contributed by atoms with E-state index in [1.807, 2.05) is 6.07 Å². The summed E-state index contributed by atoms with van der Waals surface area (Å²) in [6, 6.07) is 8.29. The highest BCUT2D eigenvalue weighted by Gasteiger charge is 2.02. The van der Waals surface area contributed by atoms with Crippen molar-refractivity contribution in [2.75, 3.05) is 0 Å². The third kappa shape index (κ3) is 1.39. The lowest BCUT2D eigenvalue weighted by atomic mass is 10.2. The van der Waals surface area contributed by atoms with E-state index in [1.54, 1.807) is 11.3 Å². The summed E-state index contributed by atoms with van der Waals surface area (Å²) in [5.41, 5.74) is 1.30. The highest BCUT2D eigenvalue weighted by molar-refractivity contribution is 9.08. The number of fused-ring (bicyclic) bond motifs is 1. The van der Waals surface area contributed by atoms with E-state index in [1.165, 1.54) is 15.6 Å². The Bertz CT molecular complexity index is 408. The van der Waals surface area contributed by atoms with Gasteiger partial charge in [-0.1, -0.05) is 39.7 Å². The van der Waals surface area contributed by atoms with Crippen LogP contribution in [-0.2, 0) is 5.33 Å². The number of hydrogen-bond acceptors (Lipinski definition) is 1. The second-order valence-corrected chi connectivity index (χ2v) is 4.79. The number of hydrogen-bond donors (Lipinski definition) is 0. The largest absolute Gasteiger partial charge is 0.123 e. The molecule has 3 heteroatoms. The number of alkyl halides is 1. The Morgan fingerprint density at radius 1 is 1.42 bits per heavy atom. The molecule has 0 saturated heterocycles. The Morgan fingerprint density at radius 3 is 3.00 bits per heavy atom. The topological polar surface area (TPSA) is 0 Å². The molecule has 12 heavy (non-hydrogen) atoms. The molecule has 1 aromatic carbocycles. The highest BCUT2D eigenvalue weighted by Crippen LogP contribution is 2.32. The third-order valence-electron chi connectivity index (χ3n) is 1.77. The van der Waals surface area contributed by atoms with E-state index >= 15 is 0 Å². The summed E-state index contributed by atoms with van der Waals surface area (Å²) in [5.74, 6) is 0. The molecule has 0 amide bonds. The van der Waals surface area contributed by atoms with Crippen LogP contribution in [0.15, 0.2) is 24.3 Å². The van der Waals surface area contributed by atoms with Crippen molar-refractivity contribution in [3.8, 4) is 0 Å². The van der Waals surface area contributed by atoms with Crippen molar-refractivity contribution in [3.05, 3.63) is 34.2 Å². The van der Waals surface area contributed by atoms with Crippen LogP contribution in [0.3, 0.4) is 0 Å². The molecule has 0 atom stereocenters. The Kier molecular flexibility index (Phi) is 2.40. The van der Waals surface area contributed by atoms with Crippen LogP contribution in [0, 0.1) is 0 Å². The molecule has 0 aliphatic rings. The molecule has 0 bridgehead atoms. The van der Waals surface area contributed by atoms with Gasteiger partial charge in [0, 0.05) is 10.0 Å². The second kappa shape index (κ2) is 3.36. The van der Waals surface area contributed by atoms with Crippen LogP contribution in [-0.4, -0.2) is 0 Å². The van der Waals surface area contributed by atoms with E-state index in [0.717, 1.165) is 9.67 Å². The Labute approximate surface area is 88.3 Å². The maximum atomic E-state index is 5.92. The first-order valence-electron chi connectivity index (χ1n) is 3.54. The Balaban J connectivity index is 2.78. The molecule has 1 aromatic heterocycles. The Hall–Kier alpha value is -0.0500. The van der Waals surface area contributed by atoms with Crippen LogP contribution in [0.2, 0.25) is 4.34 Å². The quantitative estimate of drug-likeness (QED) is 0.665. The summed E-state index contributed by atoms with van der Waals surface area (Å²) in [4.78, 5) is 0. The molecule has 0 radical (unpaired) electrons. The molecule has 2 aromatic rings. The normalized spacial score (nSPS) is 10.8. The first-order valence-corrected chi connectivity index (χ1v) is 5.86. The number of thiophene rings is 1.